The van der Waals surface area contributed by atoms with E-state index in [2.05, 4.69) is 35.9 Å². The first kappa shape index (κ1) is 18.6. The second kappa shape index (κ2) is 8.95. The number of rotatable bonds is 3. The number of pyridine rings is 1. The Labute approximate surface area is 157 Å². The summed E-state index contributed by atoms with van der Waals surface area (Å²) in [5.41, 5.74) is 2.06. The molecule has 26 heavy (non-hydrogen) atoms. The fourth-order valence-electron chi connectivity index (χ4n) is 2.48. The number of aromatic nitrogens is 1. The summed E-state index contributed by atoms with van der Waals surface area (Å²) in [5, 5.41) is 0.0937. The molecule has 3 nitrogen and oxygen atoms in total. The zero-order chi connectivity index (χ0) is 18.4. The molecule has 1 aromatic heterocycles. The Balaban J connectivity index is 1.61. The highest BCUT2D eigenvalue weighted by atomic mass is 35.5. The van der Waals surface area contributed by atoms with Crippen LogP contribution in [-0.4, -0.2) is 24.5 Å². The minimum Gasteiger partial charge on any atom is -0.341 e. The van der Waals surface area contributed by atoms with Crippen molar-refractivity contribution in [3.63, 3.8) is 0 Å². The van der Waals surface area contributed by atoms with Crippen molar-refractivity contribution in [1.29, 1.82) is 0 Å². The van der Waals surface area contributed by atoms with Gasteiger partial charge in [0.05, 0.1) is 23.9 Å². The summed E-state index contributed by atoms with van der Waals surface area (Å²) in [6.45, 7) is 3.31. The molecule has 0 atom stereocenters. The van der Waals surface area contributed by atoms with E-state index in [1.165, 1.54) is 12.1 Å². The number of hydrogen-bond donors (Lipinski definition) is 0. The van der Waals surface area contributed by atoms with Crippen molar-refractivity contribution in [2.24, 2.45) is 5.92 Å². The van der Waals surface area contributed by atoms with Gasteiger partial charge in [0, 0.05) is 23.2 Å². The third kappa shape index (κ3) is 4.92. The molecular weight excluding hydrogens is 353 g/mol. The predicted molar refractivity (Wildman–Crippen MR) is 100 cm³/mol. The largest absolute Gasteiger partial charge is 0.341 e. The average molecular weight is 372 g/mol. The number of benzene rings is 1. The predicted octanol–water partition coefficient (Wildman–Crippen LogP) is 4.85. The Morgan fingerprint density at radius 1 is 1.27 bits per heavy atom. The highest BCUT2D eigenvalue weighted by Gasteiger charge is 2.18. The van der Waals surface area contributed by atoms with E-state index in [-0.39, 0.29) is 10.9 Å². The fraction of sp³-hybridized carbons (Fsp3) is 0.286. The van der Waals surface area contributed by atoms with Crippen LogP contribution in [0.15, 0.2) is 48.7 Å². The number of halogens is 2. The summed E-state index contributed by atoms with van der Waals surface area (Å²) in [6, 6.07) is 8.23. The van der Waals surface area contributed by atoms with Crippen molar-refractivity contribution in [2.45, 2.75) is 19.6 Å². The molecule has 0 bridgehead atoms. The molecule has 1 saturated heterocycles. The van der Waals surface area contributed by atoms with Crippen molar-refractivity contribution in [1.82, 2.24) is 4.98 Å². The fourth-order valence-corrected chi connectivity index (χ4v) is 2.60. The SMILES string of the molecule is CCC=CC1COC(C#Cc2ccc(-c3ccc(Cl)c(F)c3)nc2)OC1. The first-order valence-corrected chi connectivity index (χ1v) is 8.86. The molecule has 0 unspecified atom stereocenters. The molecule has 0 spiro atoms. The molecule has 1 aliphatic heterocycles. The molecule has 0 N–H and O–H groups in total. The van der Waals surface area contributed by atoms with E-state index in [9.17, 15) is 4.39 Å². The van der Waals surface area contributed by atoms with Crippen molar-refractivity contribution >= 4 is 11.6 Å². The minimum atomic E-state index is -0.522. The maximum atomic E-state index is 13.6. The monoisotopic (exact) mass is 371 g/mol. The van der Waals surface area contributed by atoms with Gasteiger partial charge in [0.25, 0.3) is 0 Å². The lowest BCUT2D eigenvalue weighted by Gasteiger charge is -2.24. The van der Waals surface area contributed by atoms with Gasteiger partial charge in [-0.05, 0) is 36.6 Å². The van der Waals surface area contributed by atoms with Gasteiger partial charge in [0.2, 0.25) is 6.29 Å². The molecule has 5 heteroatoms. The lowest BCUT2D eigenvalue weighted by atomic mass is 10.1. The van der Waals surface area contributed by atoms with Crippen molar-refractivity contribution in [3.8, 4) is 23.1 Å². The third-order valence-corrected chi connectivity index (χ3v) is 4.19. The lowest BCUT2D eigenvalue weighted by Crippen LogP contribution is -2.30. The van der Waals surface area contributed by atoms with E-state index in [0.29, 0.717) is 24.5 Å². The maximum absolute atomic E-state index is 13.6. The third-order valence-electron chi connectivity index (χ3n) is 3.88. The van der Waals surface area contributed by atoms with Gasteiger partial charge in [-0.3, -0.25) is 4.98 Å². The van der Waals surface area contributed by atoms with Crippen LogP contribution in [-0.2, 0) is 9.47 Å². The molecule has 134 valence electrons. The van der Waals surface area contributed by atoms with Crippen molar-refractivity contribution < 1.29 is 13.9 Å². The van der Waals surface area contributed by atoms with Crippen LogP contribution in [0, 0.1) is 23.6 Å². The van der Waals surface area contributed by atoms with Crippen LogP contribution in [0.1, 0.15) is 18.9 Å². The molecule has 0 aliphatic carbocycles. The molecule has 0 amide bonds. The molecule has 0 radical (unpaired) electrons. The van der Waals surface area contributed by atoms with Crippen LogP contribution < -0.4 is 0 Å². The highest BCUT2D eigenvalue weighted by molar-refractivity contribution is 6.30. The molecule has 2 aromatic rings. The van der Waals surface area contributed by atoms with Crippen LogP contribution in [0.3, 0.4) is 0 Å². The van der Waals surface area contributed by atoms with Crippen molar-refractivity contribution in [3.05, 3.63) is 65.1 Å². The zero-order valence-corrected chi connectivity index (χ0v) is 15.2. The first-order valence-electron chi connectivity index (χ1n) is 8.48. The summed E-state index contributed by atoms with van der Waals surface area (Å²) in [4.78, 5) is 4.33. The van der Waals surface area contributed by atoms with Crippen LogP contribution in [0.5, 0.6) is 0 Å². The number of ether oxygens (including phenoxy) is 2. The van der Waals surface area contributed by atoms with Crippen molar-refractivity contribution in [2.75, 3.05) is 13.2 Å². The summed E-state index contributed by atoms with van der Waals surface area (Å²) < 4.78 is 24.8. The van der Waals surface area contributed by atoms with E-state index in [0.717, 1.165) is 12.0 Å². The van der Waals surface area contributed by atoms with Gasteiger partial charge in [-0.2, -0.15) is 0 Å². The van der Waals surface area contributed by atoms with E-state index in [1.807, 2.05) is 6.07 Å². The Hall–Kier alpha value is -2.19. The Morgan fingerprint density at radius 3 is 2.73 bits per heavy atom. The van der Waals surface area contributed by atoms with Crippen LogP contribution in [0.25, 0.3) is 11.3 Å². The minimum absolute atomic E-state index is 0.0937. The molecule has 1 fully saturated rings. The Morgan fingerprint density at radius 2 is 2.08 bits per heavy atom. The van der Waals surface area contributed by atoms with E-state index < -0.39 is 12.1 Å². The first-order chi connectivity index (χ1) is 12.7. The van der Waals surface area contributed by atoms with Gasteiger partial charge < -0.3 is 9.47 Å². The zero-order valence-electron chi connectivity index (χ0n) is 14.4. The summed E-state index contributed by atoms with van der Waals surface area (Å²) in [7, 11) is 0. The van der Waals surface area contributed by atoms with Gasteiger partial charge in [0.1, 0.15) is 5.82 Å². The summed E-state index contributed by atoms with van der Waals surface area (Å²) in [5.74, 6) is 5.77. The molecule has 3 rings (SSSR count). The summed E-state index contributed by atoms with van der Waals surface area (Å²) in [6.07, 6.45) is 6.36. The second-order valence-electron chi connectivity index (χ2n) is 5.93. The molecule has 2 heterocycles. The molecule has 1 aromatic carbocycles. The smallest absolute Gasteiger partial charge is 0.222 e. The van der Waals surface area contributed by atoms with Crippen LogP contribution in [0.2, 0.25) is 5.02 Å². The van der Waals surface area contributed by atoms with E-state index in [4.69, 9.17) is 21.1 Å². The topological polar surface area (TPSA) is 31.4 Å². The average Bonchev–Trinajstić information content (AvgIpc) is 2.68. The number of hydrogen-bond acceptors (Lipinski definition) is 3. The second-order valence-corrected chi connectivity index (χ2v) is 6.33. The van der Waals surface area contributed by atoms with Gasteiger partial charge >= 0.3 is 0 Å². The molecule has 1 aliphatic rings. The Bertz CT molecular complexity index is 831. The van der Waals surface area contributed by atoms with Gasteiger partial charge in [-0.25, -0.2) is 4.39 Å². The maximum Gasteiger partial charge on any atom is 0.222 e. The van der Waals surface area contributed by atoms with Gasteiger partial charge in [0.15, 0.2) is 0 Å². The van der Waals surface area contributed by atoms with E-state index in [1.54, 1.807) is 18.3 Å². The number of allylic oxidation sites excluding steroid dienone is 1. The van der Waals surface area contributed by atoms with E-state index >= 15 is 0 Å². The Kier molecular flexibility index (Phi) is 6.40. The standard InChI is InChI=1S/C21H19ClFNO2/c1-2-3-4-16-13-25-21(26-14-16)10-6-15-5-9-20(24-12-15)17-7-8-18(22)19(23)11-17/h3-5,7-9,11-12,16,21H,2,13-14H2,1H3. The molecular formula is C21H19ClFNO2. The van der Waals surface area contributed by atoms with Gasteiger partial charge in [-0.1, -0.05) is 42.7 Å². The van der Waals surface area contributed by atoms with Crippen LogP contribution >= 0.6 is 11.6 Å². The summed E-state index contributed by atoms with van der Waals surface area (Å²) >= 11 is 5.70. The molecule has 0 saturated carbocycles. The lowest BCUT2D eigenvalue weighted by molar-refractivity contribution is -0.160. The van der Waals surface area contributed by atoms with Crippen LogP contribution in [0.4, 0.5) is 4.39 Å². The normalized spacial score (nSPS) is 20.0. The quantitative estimate of drug-likeness (QED) is 0.571. The number of nitrogens with zero attached hydrogens (tertiary/aromatic N) is 1. The van der Waals surface area contributed by atoms with Gasteiger partial charge in [-0.15, -0.1) is 0 Å². The highest BCUT2D eigenvalue weighted by Crippen LogP contribution is 2.22.